The van der Waals surface area contributed by atoms with Crippen molar-refractivity contribution in [1.29, 1.82) is 0 Å². The highest BCUT2D eigenvalue weighted by atomic mass is 79.9. The molecule has 0 unspecified atom stereocenters. The van der Waals surface area contributed by atoms with Gasteiger partial charge in [0.15, 0.2) is 11.5 Å². The quantitative estimate of drug-likeness (QED) is 0.191. The number of ether oxygens (including phenoxy) is 2. The van der Waals surface area contributed by atoms with Crippen LogP contribution in [-0.4, -0.2) is 22.5 Å². The van der Waals surface area contributed by atoms with Crippen LogP contribution in [0.1, 0.15) is 23.6 Å². The Morgan fingerprint density at radius 2 is 1.86 bits per heavy atom. The predicted octanol–water partition coefficient (Wildman–Crippen LogP) is 5.80. The SMILES string of the molecule is C=CCc1cc(C=Nn2c(=O)[nH]c3ccccc3c2=O)cc(OCC)c1OCc1ccc(Br)cc1Br. The number of nitrogens with zero attached hydrogens (tertiary/aromatic N) is 2. The number of benzene rings is 3. The minimum absolute atomic E-state index is 0.327. The van der Waals surface area contributed by atoms with Crippen LogP contribution in [0.3, 0.4) is 0 Å². The summed E-state index contributed by atoms with van der Waals surface area (Å²) in [6, 6.07) is 16.3. The smallest absolute Gasteiger partial charge is 0.349 e. The second kappa shape index (κ2) is 11.5. The molecule has 7 nitrogen and oxygen atoms in total. The van der Waals surface area contributed by atoms with Crippen molar-refractivity contribution in [2.45, 2.75) is 20.0 Å². The second-order valence-corrected chi connectivity index (χ2v) is 9.56. The molecule has 1 N–H and O–H groups in total. The van der Waals surface area contributed by atoms with E-state index in [9.17, 15) is 9.59 Å². The zero-order valence-electron chi connectivity index (χ0n) is 19.5. The van der Waals surface area contributed by atoms with Crippen LogP contribution in [0, 0.1) is 0 Å². The molecule has 4 aromatic rings. The highest BCUT2D eigenvalue weighted by Crippen LogP contribution is 2.35. The molecule has 0 saturated heterocycles. The first-order valence-electron chi connectivity index (χ1n) is 11.2. The van der Waals surface area contributed by atoms with Gasteiger partial charge < -0.3 is 14.5 Å². The molecule has 184 valence electrons. The molecule has 1 heterocycles. The fraction of sp³-hybridized carbons (Fsp3) is 0.148. The lowest BCUT2D eigenvalue weighted by Crippen LogP contribution is -2.32. The Kier molecular flexibility index (Phi) is 8.22. The number of para-hydroxylation sites is 1. The van der Waals surface area contributed by atoms with Gasteiger partial charge in [-0.25, -0.2) is 4.79 Å². The largest absolute Gasteiger partial charge is 0.490 e. The lowest BCUT2D eigenvalue weighted by molar-refractivity contribution is 0.266. The highest BCUT2D eigenvalue weighted by molar-refractivity contribution is 9.11. The predicted molar refractivity (Wildman–Crippen MR) is 150 cm³/mol. The summed E-state index contributed by atoms with van der Waals surface area (Å²) in [5.41, 5.74) is 1.81. The number of aromatic nitrogens is 2. The lowest BCUT2D eigenvalue weighted by Gasteiger charge is -2.17. The Morgan fingerprint density at radius 3 is 2.61 bits per heavy atom. The van der Waals surface area contributed by atoms with E-state index < -0.39 is 11.2 Å². The van der Waals surface area contributed by atoms with Gasteiger partial charge in [0.05, 0.1) is 23.7 Å². The van der Waals surface area contributed by atoms with Crippen molar-refractivity contribution >= 4 is 49.0 Å². The molecule has 4 rings (SSSR count). The van der Waals surface area contributed by atoms with Gasteiger partial charge in [0.1, 0.15) is 6.61 Å². The van der Waals surface area contributed by atoms with Gasteiger partial charge in [-0.05, 0) is 55.3 Å². The van der Waals surface area contributed by atoms with Crippen molar-refractivity contribution in [2.75, 3.05) is 6.61 Å². The minimum Gasteiger partial charge on any atom is -0.490 e. The van der Waals surface area contributed by atoms with Gasteiger partial charge in [-0.1, -0.05) is 56.1 Å². The van der Waals surface area contributed by atoms with Gasteiger partial charge in [0.2, 0.25) is 0 Å². The van der Waals surface area contributed by atoms with Crippen molar-refractivity contribution in [3.63, 3.8) is 0 Å². The molecule has 0 aliphatic heterocycles. The number of fused-ring (bicyclic) bond motifs is 1. The van der Waals surface area contributed by atoms with E-state index in [1.807, 2.05) is 31.2 Å². The summed E-state index contributed by atoms with van der Waals surface area (Å²) in [5.74, 6) is 1.13. The van der Waals surface area contributed by atoms with E-state index >= 15 is 0 Å². The first kappa shape index (κ1) is 25.7. The third-order valence-electron chi connectivity index (χ3n) is 5.31. The van der Waals surface area contributed by atoms with Crippen molar-refractivity contribution < 1.29 is 9.47 Å². The van der Waals surface area contributed by atoms with E-state index in [0.29, 0.717) is 47.6 Å². The Labute approximate surface area is 224 Å². The molecule has 0 radical (unpaired) electrons. The van der Waals surface area contributed by atoms with E-state index in [1.54, 1.807) is 36.4 Å². The summed E-state index contributed by atoms with van der Waals surface area (Å²) < 4.78 is 14.8. The van der Waals surface area contributed by atoms with Crippen LogP contribution in [0.5, 0.6) is 11.5 Å². The van der Waals surface area contributed by atoms with E-state index in [1.165, 1.54) is 6.21 Å². The molecule has 0 fully saturated rings. The molecule has 0 amide bonds. The maximum absolute atomic E-state index is 12.8. The number of H-pyrrole nitrogens is 1. The van der Waals surface area contributed by atoms with Crippen LogP contribution in [-0.2, 0) is 13.0 Å². The Morgan fingerprint density at radius 1 is 1.06 bits per heavy atom. The second-order valence-electron chi connectivity index (χ2n) is 7.79. The van der Waals surface area contributed by atoms with E-state index in [2.05, 4.69) is 48.5 Å². The monoisotopic (exact) mass is 611 g/mol. The number of allylic oxidation sites excluding steroid dienone is 1. The molecule has 0 bridgehead atoms. The topological polar surface area (TPSA) is 85.7 Å². The highest BCUT2D eigenvalue weighted by Gasteiger charge is 2.14. The maximum atomic E-state index is 12.8. The zero-order valence-corrected chi connectivity index (χ0v) is 22.6. The van der Waals surface area contributed by atoms with Gasteiger partial charge in [0, 0.05) is 20.1 Å². The van der Waals surface area contributed by atoms with Crippen LogP contribution >= 0.6 is 31.9 Å². The summed E-state index contributed by atoms with van der Waals surface area (Å²) in [4.78, 5) is 27.9. The maximum Gasteiger partial charge on any atom is 0.349 e. The standard InChI is InChI=1S/C27H23Br2N3O4/c1-3-7-18-12-17(15-30-32-26(33)21-8-5-6-9-23(21)31-27(32)34)13-24(35-4-2)25(18)36-16-19-10-11-20(28)14-22(19)29/h3,5-6,8-15H,1,4,7,16H2,2H3,(H,31,34). The third-order valence-corrected chi connectivity index (χ3v) is 6.54. The molecular formula is C27H23Br2N3O4. The molecule has 3 aromatic carbocycles. The molecule has 0 atom stereocenters. The average Bonchev–Trinajstić information content (AvgIpc) is 2.85. The van der Waals surface area contributed by atoms with Crippen LogP contribution in [0.4, 0.5) is 0 Å². The number of nitrogens with one attached hydrogen (secondary N) is 1. The van der Waals surface area contributed by atoms with Crippen LogP contribution in [0.2, 0.25) is 0 Å². The van der Waals surface area contributed by atoms with Gasteiger partial charge in [-0.2, -0.15) is 5.10 Å². The lowest BCUT2D eigenvalue weighted by atomic mass is 10.1. The van der Waals surface area contributed by atoms with Crippen molar-refractivity contribution in [3.05, 3.63) is 114 Å². The minimum atomic E-state index is -0.619. The Bertz CT molecular complexity index is 1570. The zero-order chi connectivity index (χ0) is 25.7. The normalized spacial score (nSPS) is 11.2. The van der Waals surface area contributed by atoms with Crippen molar-refractivity contribution in [1.82, 2.24) is 9.66 Å². The number of rotatable bonds is 9. The van der Waals surface area contributed by atoms with E-state index in [-0.39, 0.29) is 0 Å². The van der Waals surface area contributed by atoms with Crippen molar-refractivity contribution in [3.8, 4) is 11.5 Å². The van der Waals surface area contributed by atoms with Gasteiger partial charge in [-0.3, -0.25) is 4.79 Å². The number of hydrogen-bond donors (Lipinski definition) is 1. The number of hydrogen-bond acceptors (Lipinski definition) is 5. The summed E-state index contributed by atoms with van der Waals surface area (Å²) in [6.07, 6.45) is 3.75. The first-order chi connectivity index (χ1) is 17.4. The van der Waals surface area contributed by atoms with Crippen LogP contribution in [0.25, 0.3) is 10.9 Å². The first-order valence-corrected chi connectivity index (χ1v) is 12.8. The summed E-state index contributed by atoms with van der Waals surface area (Å²) in [7, 11) is 0. The van der Waals surface area contributed by atoms with Crippen LogP contribution < -0.4 is 20.7 Å². The van der Waals surface area contributed by atoms with E-state index in [0.717, 1.165) is 24.7 Å². The third kappa shape index (κ3) is 5.68. The average molecular weight is 613 g/mol. The van der Waals surface area contributed by atoms with Gasteiger partial charge >= 0.3 is 5.69 Å². The summed E-state index contributed by atoms with van der Waals surface area (Å²) >= 11 is 7.03. The number of aromatic amines is 1. The molecule has 0 aliphatic carbocycles. The summed E-state index contributed by atoms with van der Waals surface area (Å²) in [5, 5.41) is 4.55. The fourth-order valence-electron chi connectivity index (χ4n) is 3.66. The molecule has 9 heteroatoms. The molecule has 1 aromatic heterocycles. The molecule has 0 aliphatic rings. The summed E-state index contributed by atoms with van der Waals surface area (Å²) in [6.45, 7) is 6.50. The number of halogens is 2. The van der Waals surface area contributed by atoms with Gasteiger partial charge in [-0.15, -0.1) is 11.3 Å². The van der Waals surface area contributed by atoms with E-state index in [4.69, 9.17) is 9.47 Å². The van der Waals surface area contributed by atoms with Crippen molar-refractivity contribution in [2.24, 2.45) is 5.10 Å². The Balaban J connectivity index is 1.71. The molecule has 0 spiro atoms. The molecular weight excluding hydrogens is 590 g/mol. The van der Waals surface area contributed by atoms with Crippen LogP contribution in [0.15, 0.2) is 90.9 Å². The van der Waals surface area contributed by atoms with Gasteiger partial charge in [0.25, 0.3) is 5.56 Å². The fourth-order valence-corrected chi connectivity index (χ4v) is 4.82. The molecule has 36 heavy (non-hydrogen) atoms. The molecule has 0 saturated carbocycles. The Hall–Kier alpha value is -3.43.